The molecule has 1 aliphatic rings. The summed E-state index contributed by atoms with van der Waals surface area (Å²) in [6.45, 7) is 8.93. The summed E-state index contributed by atoms with van der Waals surface area (Å²) in [5, 5.41) is 0. The van der Waals surface area contributed by atoms with Crippen molar-refractivity contribution in [3.05, 3.63) is 83.6 Å². The summed E-state index contributed by atoms with van der Waals surface area (Å²) in [4.78, 5) is 2.58. The van der Waals surface area contributed by atoms with Crippen molar-refractivity contribution in [1.82, 2.24) is 4.90 Å². The van der Waals surface area contributed by atoms with Crippen LogP contribution >= 0.6 is 0 Å². The van der Waals surface area contributed by atoms with E-state index in [0.29, 0.717) is 0 Å². The molecule has 0 aromatic heterocycles. The van der Waals surface area contributed by atoms with Gasteiger partial charge in [-0.25, -0.2) is 0 Å². The number of nitrogens with zero attached hydrogens (tertiary/aromatic N) is 1. The molecule has 2 aromatic carbocycles. The minimum Gasteiger partial charge on any atom is -0.405 e. The number of piperidine rings is 1. The molecule has 1 aliphatic heterocycles. The fourth-order valence-corrected chi connectivity index (χ4v) is 3.08. The molecule has 2 N–H and O–H groups in total. The van der Waals surface area contributed by atoms with Gasteiger partial charge in [0.25, 0.3) is 0 Å². The third kappa shape index (κ3) is 6.21. The Hall–Kier alpha value is -2.06. The lowest BCUT2D eigenvalue weighted by Gasteiger charge is -2.26. The molecule has 2 aromatic rings. The molecule has 128 valence electrons. The van der Waals surface area contributed by atoms with Crippen molar-refractivity contribution in [2.75, 3.05) is 13.1 Å². The maximum absolute atomic E-state index is 4.61. The van der Waals surface area contributed by atoms with Crippen LogP contribution in [0.3, 0.4) is 0 Å². The van der Waals surface area contributed by atoms with Crippen molar-refractivity contribution in [2.24, 2.45) is 5.73 Å². The summed E-state index contributed by atoms with van der Waals surface area (Å²) in [5.74, 6) is 0. The van der Waals surface area contributed by atoms with Crippen LogP contribution in [0.15, 0.2) is 61.3 Å². The Morgan fingerprint density at radius 1 is 0.875 bits per heavy atom. The zero-order chi connectivity index (χ0) is 17.2. The molecule has 0 radical (unpaired) electrons. The van der Waals surface area contributed by atoms with Crippen LogP contribution in [0.5, 0.6) is 0 Å². The molecule has 0 bridgehead atoms. The Kier molecular flexibility index (Phi) is 7.57. The standard InChI is InChI=1S/C20H25N.C2H5N/c1-17-5-7-18(8-6-17)15-19-9-11-20(12-10-19)16-21-13-3-2-4-14-21;1-2-3/h5-12H,2-4,13-16H2,1H3;2H,1,3H2. The van der Waals surface area contributed by atoms with Crippen LogP contribution in [0.1, 0.15) is 41.5 Å². The molecular formula is C22H30N2. The van der Waals surface area contributed by atoms with Gasteiger partial charge in [0.1, 0.15) is 0 Å². The third-order valence-corrected chi connectivity index (χ3v) is 4.41. The van der Waals surface area contributed by atoms with E-state index in [9.17, 15) is 0 Å². The van der Waals surface area contributed by atoms with Crippen LogP contribution in [0.25, 0.3) is 0 Å². The monoisotopic (exact) mass is 322 g/mol. The smallest absolute Gasteiger partial charge is 0.0233 e. The Labute approximate surface area is 147 Å². The second kappa shape index (κ2) is 9.94. The van der Waals surface area contributed by atoms with Gasteiger partial charge in [-0.15, -0.1) is 0 Å². The van der Waals surface area contributed by atoms with Crippen LogP contribution in [0.2, 0.25) is 0 Å². The Morgan fingerprint density at radius 3 is 1.88 bits per heavy atom. The highest BCUT2D eigenvalue weighted by Gasteiger charge is 2.10. The second-order valence-electron chi connectivity index (χ2n) is 6.55. The van der Waals surface area contributed by atoms with Crippen molar-refractivity contribution in [3.63, 3.8) is 0 Å². The van der Waals surface area contributed by atoms with E-state index in [1.165, 1.54) is 60.8 Å². The molecule has 1 heterocycles. The summed E-state index contributed by atoms with van der Waals surface area (Å²) < 4.78 is 0. The maximum Gasteiger partial charge on any atom is 0.0233 e. The lowest BCUT2D eigenvalue weighted by molar-refractivity contribution is 0.221. The first-order chi connectivity index (χ1) is 11.7. The average Bonchev–Trinajstić information content (AvgIpc) is 2.60. The fourth-order valence-electron chi connectivity index (χ4n) is 3.08. The average molecular weight is 322 g/mol. The number of hydrogen-bond acceptors (Lipinski definition) is 2. The molecule has 0 amide bonds. The SMILES string of the molecule is C=CN.Cc1ccc(Cc2ccc(CN3CCCCC3)cc2)cc1. The number of aryl methyl sites for hydroxylation is 1. The third-order valence-electron chi connectivity index (χ3n) is 4.41. The van der Waals surface area contributed by atoms with Crippen molar-refractivity contribution < 1.29 is 0 Å². The van der Waals surface area contributed by atoms with Crippen LogP contribution in [0, 0.1) is 6.92 Å². The predicted octanol–water partition coefficient (Wildman–Crippen LogP) is 4.66. The largest absolute Gasteiger partial charge is 0.405 e. The molecule has 0 atom stereocenters. The maximum atomic E-state index is 4.61. The van der Waals surface area contributed by atoms with Crippen molar-refractivity contribution in [1.29, 1.82) is 0 Å². The molecule has 3 rings (SSSR count). The minimum atomic E-state index is 1.03. The van der Waals surface area contributed by atoms with Crippen LogP contribution in [0.4, 0.5) is 0 Å². The molecule has 1 saturated heterocycles. The molecule has 0 spiro atoms. The summed E-state index contributed by atoms with van der Waals surface area (Å²) in [6, 6.07) is 18.0. The molecular weight excluding hydrogens is 292 g/mol. The highest BCUT2D eigenvalue weighted by molar-refractivity contribution is 5.30. The first-order valence-corrected chi connectivity index (χ1v) is 8.89. The summed E-state index contributed by atoms with van der Waals surface area (Å²) in [6.07, 6.45) is 6.42. The van der Waals surface area contributed by atoms with Gasteiger partial charge in [-0.3, -0.25) is 4.90 Å². The lowest BCUT2D eigenvalue weighted by atomic mass is 10.0. The first kappa shape index (κ1) is 18.3. The molecule has 24 heavy (non-hydrogen) atoms. The Balaban J connectivity index is 0.000000647. The topological polar surface area (TPSA) is 29.3 Å². The van der Waals surface area contributed by atoms with Gasteiger partial charge in [-0.1, -0.05) is 67.1 Å². The van der Waals surface area contributed by atoms with E-state index in [-0.39, 0.29) is 0 Å². The van der Waals surface area contributed by atoms with Crippen molar-refractivity contribution >= 4 is 0 Å². The van der Waals surface area contributed by atoms with Gasteiger partial charge in [-0.2, -0.15) is 0 Å². The van der Waals surface area contributed by atoms with E-state index in [4.69, 9.17) is 0 Å². The summed E-state index contributed by atoms with van der Waals surface area (Å²) in [7, 11) is 0. The van der Waals surface area contributed by atoms with Crippen molar-refractivity contribution in [2.45, 2.75) is 39.2 Å². The highest BCUT2D eigenvalue weighted by Crippen LogP contribution is 2.15. The van der Waals surface area contributed by atoms with Gasteiger partial charge < -0.3 is 5.73 Å². The van der Waals surface area contributed by atoms with Crippen LogP contribution in [-0.4, -0.2) is 18.0 Å². The van der Waals surface area contributed by atoms with Gasteiger partial charge in [0.05, 0.1) is 0 Å². The quantitative estimate of drug-likeness (QED) is 0.887. The molecule has 1 fully saturated rings. The van der Waals surface area contributed by atoms with Gasteiger partial charge in [0.15, 0.2) is 0 Å². The molecule has 0 unspecified atom stereocenters. The van der Waals surface area contributed by atoms with Gasteiger partial charge in [-0.05, 0) is 62.2 Å². The summed E-state index contributed by atoms with van der Waals surface area (Å²) >= 11 is 0. The normalized spacial score (nSPS) is 14.5. The number of rotatable bonds is 4. The second-order valence-corrected chi connectivity index (χ2v) is 6.55. The summed E-state index contributed by atoms with van der Waals surface area (Å²) in [5.41, 5.74) is 10.2. The van der Waals surface area contributed by atoms with Gasteiger partial charge in [0.2, 0.25) is 0 Å². The van der Waals surface area contributed by atoms with Crippen LogP contribution < -0.4 is 5.73 Å². The highest BCUT2D eigenvalue weighted by atomic mass is 15.1. The van der Waals surface area contributed by atoms with E-state index in [1.54, 1.807) is 0 Å². The van der Waals surface area contributed by atoms with Gasteiger partial charge >= 0.3 is 0 Å². The van der Waals surface area contributed by atoms with Gasteiger partial charge in [0, 0.05) is 6.54 Å². The van der Waals surface area contributed by atoms with E-state index >= 15 is 0 Å². The molecule has 2 nitrogen and oxygen atoms in total. The predicted molar refractivity (Wildman–Crippen MR) is 104 cm³/mol. The van der Waals surface area contributed by atoms with Crippen LogP contribution in [-0.2, 0) is 13.0 Å². The molecule has 0 saturated carbocycles. The Bertz CT molecular complexity index is 593. The van der Waals surface area contributed by atoms with E-state index < -0.39 is 0 Å². The zero-order valence-corrected chi connectivity index (χ0v) is 14.9. The minimum absolute atomic E-state index is 1.03. The van der Waals surface area contributed by atoms with Crippen molar-refractivity contribution in [3.8, 4) is 0 Å². The first-order valence-electron chi connectivity index (χ1n) is 8.89. The zero-order valence-electron chi connectivity index (χ0n) is 14.9. The fraction of sp³-hybridized carbons (Fsp3) is 0.364. The van der Waals surface area contributed by atoms with E-state index in [1.807, 2.05) is 0 Å². The molecule has 0 aliphatic carbocycles. The van der Waals surface area contributed by atoms with E-state index in [2.05, 4.69) is 72.7 Å². The van der Waals surface area contributed by atoms with E-state index in [0.717, 1.165) is 13.0 Å². The lowest BCUT2D eigenvalue weighted by Crippen LogP contribution is -2.29. The number of nitrogens with two attached hydrogens (primary N) is 1. The number of hydrogen-bond donors (Lipinski definition) is 1. The number of likely N-dealkylation sites (tertiary alicyclic amines) is 1. The number of benzene rings is 2. The Morgan fingerprint density at radius 2 is 1.33 bits per heavy atom. The molecule has 2 heteroatoms.